The predicted molar refractivity (Wildman–Crippen MR) is 181 cm³/mol. The molecule has 47 heavy (non-hydrogen) atoms. The first kappa shape index (κ1) is 36.7. The molecule has 1 fully saturated rings. The second-order valence-corrected chi connectivity index (χ2v) is 16.1. The number of anilines is 2. The third-order valence-corrected chi connectivity index (χ3v) is 9.74. The summed E-state index contributed by atoms with van der Waals surface area (Å²) in [6.07, 6.45) is -1.58. The maximum absolute atomic E-state index is 15.6. The zero-order chi connectivity index (χ0) is 34.7. The van der Waals surface area contributed by atoms with E-state index < -0.39 is 38.0 Å². The van der Waals surface area contributed by atoms with E-state index in [1.54, 1.807) is 31.7 Å². The number of sulfonamides is 1. The number of amides is 2. The molecule has 0 radical (unpaired) electrons. The van der Waals surface area contributed by atoms with Crippen LogP contribution in [0.2, 0.25) is 10.0 Å². The van der Waals surface area contributed by atoms with E-state index in [1.165, 1.54) is 10.9 Å². The molecule has 1 aliphatic rings. The Hall–Kier alpha value is -3.17. The largest absolute Gasteiger partial charge is 0.444 e. The van der Waals surface area contributed by atoms with Crippen molar-refractivity contribution in [2.75, 3.05) is 35.8 Å². The number of carbonyl (C=O) groups excluding carboxylic acids is 2. The number of nitrogens with one attached hydrogen (secondary N) is 1. The molecule has 0 bridgehead atoms. The molecular weight excluding hydrogens is 692 g/mol. The van der Waals surface area contributed by atoms with Crippen LogP contribution in [0.5, 0.6) is 0 Å². The van der Waals surface area contributed by atoms with Gasteiger partial charge in [-0.1, -0.05) is 35.3 Å². The van der Waals surface area contributed by atoms with Crippen LogP contribution in [0.15, 0.2) is 46.1 Å². The Balaban J connectivity index is 1.50. The van der Waals surface area contributed by atoms with Gasteiger partial charge in [0.25, 0.3) is 10.0 Å². The van der Waals surface area contributed by atoms with Crippen molar-refractivity contribution < 1.29 is 31.9 Å². The number of nitrogens with zero attached hydrogens (tertiary/aromatic N) is 4. The fourth-order valence-corrected chi connectivity index (χ4v) is 7.16. The predicted octanol–water partition coefficient (Wildman–Crippen LogP) is 7.38. The maximum Gasteiger partial charge on any atom is 0.430 e. The number of hydrogen-bond donors (Lipinski definition) is 1. The molecule has 2 heterocycles. The van der Waals surface area contributed by atoms with Crippen molar-refractivity contribution in [3.05, 3.63) is 68.2 Å². The molecule has 256 valence electrons. The fourth-order valence-electron chi connectivity index (χ4n) is 4.67. The highest BCUT2D eigenvalue weighted by molar-refractivity contribution is 7.93. The molecule has 2 amide bonds. The van der Waals surface area contributed by atoms with Crippen molar-refractivity contribution in [1.82, 2.24) is 14.8 Å². The van der Waals surface area contributed by atoms with Crippen molar-refractivity contribution >= 4 is 68.3 Å². The summed E-state index contributed by atoms with van der Waals surface area (Å²) in [6.45, 7) is 13.2. The lowest BCUT2D eigenvalue weighted by atomic mass is 10.1. The van der Waals surface area contributed by atoms with Gasteiger partial charge in [-0.2, -0.15) is 0 Å². The van der Waals surface area contributed by atoms with Gasteiger partial charge in [-0.25, -0.2) is 27.4 Å². The first-order valence-electron chi connectivity index (χ1n) is 14.7. The first-order valence-corrected chi connectivity index (χ1v) is 17.9. The number of piperazine rings is 1. The van der Waals surface area contributed by atoms with Crippen LogP contribution in [-0.2, 0) is 32.6 Å². The fraction of sp³-hybridized carbons (Fsp3) is 0.452. The van der Waals surface area contributed by atoms with Gasteiger partial charge in [-0.3, -0.25) is 4.90 Å². The molecule has 0 atom stereocenters. The second kappa shape index (κ2) is 14.5. The van der Waals surface area contributed by atoms with Crippen LogP contribution in [0.4, 0.5) is 25.5 Å². The molecule has 2 aromatic carbocycles. The van der Waals surface area contributed by atoms with Crippen LogP contribution < -0.4 is 9.62 Å². The van der Waals surface area contributed by atoms with Gasteiger partial charge in [0, 0.05) is 49.7 Å². The van der Waals surface area contributed by atoms with Crippen molar-refractivity contribution in [3.8, 4) is 0 Å². The molecule has 1 aromatic heterocycles. The Morgan fingerprint density at radius 1 is 1.02 bits per heavy atom. The van der Waals surface area contributed by atoms with E-state index in [-0.39, 0.29) is 29.2 Å². The van der Waals surface area contributed by atoms with Gasteiger partial charge in [0.05, 0.1) is 16.2 Å². The summed E-state index contributed by atoms with van der Waals surface area (Å²) in [6, 6.07) is 7.41. The molecule has 0 aliphatic carbocycles. The minimum absolute atomic E-state index is 0.0979. The van der Waals surface area contributed by atoms with E-state index in [9.17, 15) is 18.0 Å². The smallest absolute Gasteiger partial charge is 0.430 e. The van der Waals surface area contributed by atoms with Crippen LogP contribution >= 0.6 is 34.5 Å². The van der Waals surface area contributed by atoms with Gasteiger partial charge >= 0.3 is 12.2 Å². The highest BCUT2D eigenvalue weighted by atomic mass is 35.5. The van der Waals surface area contributed by atoms with Crippen molar-refractivity contribution in [2.45, 2.75) is 70.7 Å². The molecule has 1 N–H and O–H groups in total. The maximum atomic E-state index is 15.6. The molecule has 0 unspecified atom stereocenters. The standard InChI is InChI=1S/C31H38Cl2FN5O6S2/c1-30(2,3)44-28(40)38-12-10-37(11-13-38)17-20-8-7-9-22(32)21(20)16-35-25-15-24(34)26(14-23(25)33)47(42,43)39(27-18-46-19-36-27)29(41)45-31(4,5)6/h7-9,14-15,18-19,35H,10-13,16-17H2,1-6H3. The van der Waals surface area contributed by atoms with Crippen molar-refractivity contribution in [1.29, 1.82) is 0 Å². The Kier molecular flexibility index (Phi) is 11.3. The van der Waals surface area contributed by atoms with Gasteiger partial charge in [-0.05, 0) is 70.9 Å². The third-order valence-electron chi connectivity index (χ3n) is 6.82. The van der Waals surface area contributed by atoms with E-state index in [0.29, 0.717) is 42.1 Å². The monoisotopic (exact) mass is 729 g/mol. The summed E-state index contributed by atoms with van der Waals surface area (Å²) in [5.74, 6) is -1.37. The van der Waals surface area contributed by atoms with E-state index >= 15 is 4.39 Å². The summed E-state index contributed by atoms with van der Waals surface area (Å²) in [7, 11) is -4.82. The highest BCUT2D eigenvalue weighted by Crippen LogP contribution is 2.34. The van der Waals surface area contributed by atoms with Crippen molar-refractivity contribution in [3.63, 3.8) is 0 Å². The average molecular weight is 731 g/mol. The summed E-state index contributed by atoms with van der Waals surface area (Å²) in [4.78, 5) is 32.4. The Labute approximate surface area is 288 Å². The molecular formula is C31H38Cl2FN5O6S2. The summed E-state index contributed by atoms with van der Waals surface area (Å²) in [5.41, 5.74) is 1.53. The normalized spacial score (nSPS) is 14.5. The number of aromatic nitrogens is 1. The van der Waals surface area contributed by atoms with Gasteiger partial charge in [0.15, 0.2) is 5.82 Å². The minimum Gasteiger partial charge on any atom is -0.444 e. The van der Waals surface area contributed by atoms with E-state index in [2.05, 4.69) is 15.2 Å². The Morgan fingerprint density at radius 3 is 2.28 bits per heavy atom. The average Bonchev–Trinajstić information content (AvgIpc) is 3.46. The van der Waals surface area contributed by atoms with E-state index in [0.717, 1.165) is 34.6 Å². The van der Waals surface area contributed by atoms with Crippen LogP contribution in [-0.4, -0.2) is 72.8 Å². The highest BCUT2D eigenvalue weighted by Gasteiger charge is 2.38. The summed E-state index contributed by atoms with van der Waals surface area (Å²) >= 11 is 14.1. The molecule has 0 spiro atoms. The zero-order valence-corrected chi connectivity index (χ0v) is 30.1. The zero-order valence-electron chi connectivity index (χ0n) is 27.0. The van der Waals surface area contributed by atoms with Gasteiger partial charge in [-0.15, -0.1) is 15.6 Å². The number of halogens is 3. The molecule has 11 nitrogen and oxygen atoms in total. The third kappa shape index (κ3) is 9.47. The second-order valence-electron chi connectivity index (χ2n) is 12.8. The number of rotatable bonds is 8. The molecule has 4 rings (SSSR count). The topological polar surface area (TPSA) is 121 Å². The number of benzene rings is 2. The van der Waals surface area contributed by atoms with Crippen LogP contribution in [0, 0.1) is 5.82 Å². The van der Waals surface area contributed by atoms with Gasteiger partial charge in [0.1, 0.15) is 21.9 Å². The molecule has 0 saturated carbocycles. The number of ether oxygens (including phenoxy) is 2. The van der Waals surface area contributed by atoms with Crippen LogP contribution in [0.3, 0.4) is 0 Å². The number of thiazole rings is 1. The number of carbonyl (C=O) groups is 2. The molecule has 1 saturated heterocycles. The quantitative estimate of drug-likeness (QED) is 0.253. The summed E-state index contributed by atoms with van der Waals surface area (Å²) in [5, 5.41) is 4.78. The SMILES string of the molecule is CC(C)(C)OC(=O)N1CCN(Cc2cccc(Cl)c2CNc2cc(F)c(S(=O)(=O)N(C(=O)OC(C)(C)C)c3cscn3)cc2Cl)CC1. The van der Waals surface area contributed by atoms with Crippen molar-refractivity contribution in [2.24, 2.45) is 0 Å². The first-order chi connectivity index (χ1) is 21.9. The van der Waals surface area contributed by atoms with Crippen LogP contribution in [0.25, 0.3) is 0 Å². The van der Waals surface area contributed by atoms with Gasteiger partial charge in [0.2, 0.25) is 0 Å². The van der Waals surface area contributed by atoms with E-state index in [1.807, 2.05) is 32.9 Å². The molecule has 3 aromatic rings. The summed E-state index contributed by atoms with van der Waals surface area (Å²) < 4.78 is 53.9. The molecule has 1 aliphatic heterocycles. The number of hydrogen-bond acceptors (Lipinski definition) is 10. The Morgan fingerprint density at radius 2 is 1.68 bits per heavy atom. The minimum atomic E-state index is -4.82. The Bertz CT molecular complexity index is 1700. The lowest BCUT2D eigenvalue weighted by Gasteiger charge is -2.36. The lowest BCUT2D eigenvalue weighted by molar-refractivity contribution is 0.0138. The lowest BCUT2D eigenvalue weighted by Crippen LogP contribution is -2.49. The molecule has 16 heteroatoms. The van der Waals surface area contributed by atoms with E-state index in [4.69, 9.17) is 32.7 Å². The van der Waals surface area contributed by atoms with Gasteiger partial charge < -0.3 is 19.7 Å². The van der Waals surface area contributed by atoms with Crippen LogP contribution in [0.1, 0.15) is 52.7 Å².